The summed E-state index contributed by atoms with van der Waals surface area (Å²) >= 11 is 0. The Morgan fingerprint density at radius 1 is 1.45 bits per heavy atom. The first-order valence-corrected chi connectivity index (χ1v) is 9.06. The van der Waals surface area contributed by atoms with Gasteiger partial charge in [0.15, 0.2) is 5.82 Å². The van der Waals surface area contributed by atoms with E-state index in [-0.39, 0.29) is 18.5 Å². The fraction of sp³-hybridized carbons (Fsp3) is 0.846. The highest BCUT2D eigenvalue weighted by molar-refractivity contribution is 7.89. The molecule has 1 aliphatic rings. The number of sulfonamides is 1. The SMILES string of the molecule is CCS(=O)(=O)N1CCC[C@H](OCc2nc(CCOC)no2)C1. The number of nitrogens with zero attached hydrogens (tertiary/aromatic N) is 3. The van der Waals surface area contributed by atoms with Crippen LogP contribution in [0.5, 0.6) is 0 Å². The lowest BCUT2D eigenvalue weighted by Gasteiger charge is -2.31. The third-order valence-corrected chi connectivity index (χ3v) is 5.43. The largest absolute Gasteiger partial charge is 0.384 e. The van der Waals surface area contributed by atoms with Gasteiger partial charge in [-0.05, 0) is 19.8 Å². The van der Waals surface area contributed by atoms with Gasteiger partial charge in [-0.25, -0.2) is 8.42 Å². The van der Waals surface area contributed by atoms with E-state index in [0.29, 0.717) is 37.8 Å². The minimum Gasteiger partial charge on any atom is -0.384 e. The minimum absolute atomic E-state index is 0.117. The molecule has 0 aliphatic carbocycles. The van der Waals surface area contributed by atoms with Crippen LogP contribution in [-0.2, 0) is 32.5 Å². The van der Waals surface area contributed by atoms with Gasteiger partial charge < -0.3 is 14.0 Å². The molecule has 1 saturated heterocycles. The van der Waals surface area contributed by atoms with E-state index < -0.39 is 10.0 Å². The molecule has 1 atom stereocenters. The Morgan fingerprint density at radius 2 is 2.27 bits per heavy atom. The van der Waals surface area contributed by atoms with E-state index >= 15 is 0 Å². The monoisotopic (exact) mass is 333 g/mol. The van der Waals surface area contributed by atoms with Gasteiger partial charge in [0.1, 0.15) is 6.61 Å². The summed E-state index contributed by atoms with van der Waals surface area (Å²) in [5, 5.41) is 3.83. The molecule has 126 valence electrons. The van der Waals surface area contributed by atoms with Crippen molar-refractivity contribution in [3.8, 4) is 0 Å². The normalized spacial score (nSPS) is 20.4. The second-order valence-electron chi connectivity index (χ2n) is 5.18. The Kier molecular flexibility index (Phi) is 6.30. The van der Waals surface area contributed by atoms with Crippen molar-refractivity contribution in [2.24, 2.45) is 0 Å². The first-order valence-electron chi connectivity index (χ1n) is 7.45. The number of rotatable bonds is 8. The molecule has 1 fully saturated rings. The summed E-state index contributed by atoms with van der Waals surface area (Å²) in [6.45, 7) is 3.34. The predicted molar refractivity (Wildman–Crippen MR) is 78.7 cm³/mol. The third-order valence-electron chi connectivity index (χ3n) is 3.58. The zero-order chi connectivity index (χ0) is 16.0. The van der Waals surface area contributed by atoms with Crippen molar-refractivity contribution in [1.29, 1.82) is 0 Å². The zero-order valence-corrected chi connectivity index (χ0v) is 13.8. The maximum Gasteiger partial charge on any atom is 0.252 e. The van der Waals surface area contributed by atoms with E-state index in [1.54, 1.807) is 14.0 Å². The summed E-state index contributed by atoms with van der Waals surface area (Å²) in [4.78, 5) is 4.20. The van der Waals surface area contributed by atoms with Crippen LogP contribution >= 0.6 is 0 Å². The van der Waals surface area contributed by atoms with Crippen molar-refractivity contribution in [2.45, 2.75) is 38.9 Å². The molecular weight excluding hydrogens is 310 g/mol. The fourth-order valence-corrected chi connectivity index (χ4v) is 3.47. The highest BCUT2D eigenvalue weighted by Crippen LogP contribution is 2.17. The standard InChI is InChI=1S/C13H23N3O5S/c1-3-22(17,18)16-7-4-5-11(9-16)20-10-13-14-12(15-21-13)6-8-19-2/h11H,3-10H2,1-2H3/t11-/m0/s1. The molecule has 1 aliphatic heterocycles. The van der Waals surface area contributed by atoms with Crippen LogP contribution < -0.4 is 0 Å². The number of aromatic nitrogens is 2. The second kappa shape index (κ2) is 8.00. The van der Waals surface area contributed by atoms with Crippen molar-refractivity contribution < 1.29 is 22.4 Å². The molecule has 0 spiro atoms. The maximum absolute atomic E-state index is 11.9. The molecule has 0 unspecified atom stereocenters. The lowest BCUT2D eigenvalue weighted by Crippen LogP contribution is -2.43. The summed E-state index contributed by atoms with van der Waals surface area (Å²) in [6.07, 6.45) is 2.09. The lowest BCUT2D eigenvalue weighted by atomic mass is 10.1. The van der Waals surface area contributed by atoms with Gasteiger partial charge in [-0.15, -0.1) is 0 Å². The summed E-state index contributed by atoms with van der Waals surface area (Å²) in [5.41, 5.74) is 0. The molecule has 0 radical (unpaired) electrons. The van der Waals surface area contributed by atoms with E-state index in [1.807, 2.05) is 0 Å². The Labute approximate surface area is 130 Å². The average Bonchev–Trinajstić information content (AvgIpc) is 2.99. The van der Waals surface area contributed by atoms with Crippen LogP contribution in [-0.4, -0.2) is 61.5 Å². The van der Waals surface area contributed by atoms with Gasteiger partial charge in [-0.2, -0.15) is 9.29 Å². The summed E-state index contributed by atoms with van der Waals surface area (Å²) in [5.74, 6) is 1.10. The van der Waals surface area contributed by atoms with E-state index in [0.717, 1.165) is 12.8 Å². The van der Waals surface area contributed by atoms with E-state index in [4.69, 9.17) is 14.0 Å². The molecule has 0 amide bonds. The van der Waals surface area contributed by atoms with Crippen LogP contribution in [0.4, 0.5) is 0 Å². The Hall–Kier alpha value is -1.03. The number of piperidine rings is 1. The molecule has 2 heterocycles. The van der Waals surface area contributed by atoms with Crippen molar-refractivity contribution in [1.82, 2.24) is 14.4 Å². The Balaban J connectivity index is 1.82. The van der Waals surface area contributed by atoms with Gasteiger partial charge in [0.2, 0.25) is 10.0 Å². The lowest BCUT2D eigenvalue weighted by molar-refractivity contribution is -0.00293. The zero-order valence-electron chi connectivity index (χ0n) is 13.0. The van der Waals surface area contributed by atoms with Crippen LogP contribution in [0.2, 0.25) is 0 Å². The second-order valence-corrected chi connectivity index (χ2v) is 7.44. The highest BCUT2D eigenvalue weighted by atomic mass is 32.2. The number of hydrogen-bond donors (Lipinski definition) is 0. The number of hydrogen-bond acceptors (Lipinski definition) is 7. The van der Waals surface area contributed by atoms with Crippen LogP contribution in [0.1, 0.15) is 31.5 Å². The minimum atomic E-state index is -3.16. The molecule has 8 nitrogen and oxygen atoms in total. The van der Waals surface area contributed by atoms with E-state index in [1.165, 1.54) is 4.31 Å². The van der Waals surface area contributed by atoms with Crippen LogP contribution in [0.25, 0.3) is 0 Å². The molecular formula is C13H23N3O5S. The van der Waals surface area contributed by atoms with Crippen molar-refractivity contribution in [3.63, 3.8) is 0 Å². The molecule has 0 bridgehead atoms. The number of methoxy groups -OCH3 is 1. The summed E-state index contributed by atoms with van der Waals surface area (Å²) in [7, 11) is -1.54. The van der Waals surface area contributed by atoms with Crippen LogP contribution in [0.15, 0.2) is 4.52 Å². The van der Waals surface area contributed by atoms with Crippen molar-refractivity contribution in [3.05, 3.63) is 11.7 Å². The Bertz CT molecular complexity index is 560. The maximum atomic E-state index is 11.9. The van der Waals surface area contributed by atoms with E-state index in [2.05, 4.69) is 10.1 Å². The van der Waals surface area contributed by atoms with Gasteiger partial charge >= 0.3 is 0 Å². The third kappa shape index (κ3) is 4.73. The molecule has 0 saturated carbocycles. The smallest absolute Gasteiger partial charge is 0.252 e. The molecule has 1 aromatic rings. The Morgan fingerprint density at radius 3 is 3.00 bits per heavy atom. The van der Waals surface area contributed by atoms with Crippen molar-refractivity contribution in [2.75, 3.05) is 32.6 Å². The number of ether oxygens (including phenoxy) is 2. The average molecular weight is 333 g/mol. The molecule has 0 N–H and O–H groups in total. The predicted octanol–water partition coefficient (Wildman–Crippen LogP) is 0.589. The fourth-order valence-electron chi connectivity index (χ4n) is 2.31. The van der Waals surface area contributed by atoms with Gasteiger partial charge in [0.25, 0.3) is 5.89 Å². The molecule has 2 rings (SSSR count). The van der Waals surface area contributed by atoms with Gasteiger partial charge in [0, 0.05) is 26.6 Å². The molecule has 22 heavy (non-hydrogen) atoms. The van der Waals surface area contributed by atoms with Crippen LogP contribution in [0, 0.1) is 0 Å². The van der Waals surface area contributed by atoms with Crippen LogP contribution in [0.3, 0.4) is 0 Å². The van der Waals surface area contributed by atoms with Gasteiger partial charge in [-0.1, -0.05) is 5.16 Å². The highest BCUT2D eigenvalue weighted by Gasteiger charge is 2.28. The quantitative estimate of drug-likeness (QED) is 0.687. The van der Waals surface area contributed by atoms with Gasteiger partial charge in [0.05, 0.1) is 18.5 Å². The summed E-state index contributed by atoms with van der Waals surface area (Å²) < 4.78 is 41.1. The molecule has 1 aromatic heterocycles. The topological polar surface area (TPSA) is 94.8 Å². The first-order chi connectivity index (χ1) is 10.5. The van der Waals surface area contributed by atoms with Crippen molar-refractivity contribution >= 4 is 10.0 Å². The molecule has 0 aromatic carbocycles. The molecule has 9 heteroatoms. The summed E-state index contributed by atoms with van der Waals surface area (Å²) in [6, 6.07) is 0. The first kappa shape index (κ1) is 17.3. The van der Waals surface area contributed by atoms with Gasteiger partial charge in [-0.3, -0.25) is 0 Å². The van der Waals surface area contributed by atoms with E-state index in [9.17, 15) is 8.42 Å².